The number of carbonyl (C=O) groups excluding carboxylic acids is 1. The molecule has 3 nitrogen and oxygen atoms in total. The summed E-state index contributed by atoms with van der Waals surface area (Å²) in [7, 11) is 0. The summed E-state index contributed by atoms with van der Waals surface area (Å²) in [6.45, 7) is 8.34. The van der Waals surface area contributed by atoms with Crippen LogP contribution in [0.4, 0.5) is 0 Å². The fourth-order valence-corrected chi connectivity index (χ4v) is 4.46. The Morgan fingerprint density at radius 3 is 2.58 bits per heavy atom. The van der Waals surface area contributed by atoms with Crippen molar-refractivity contribution in [1.82, 2.24) is 9.80 Å². The van der Waals surface area contributed by atoms with Crippen molar-refractivity contribution in [2.24, 2.45) is 5.92 Å². The normalized spacial score (nSPS) is 23.4. The molecule has 0 aromatic heterocycles. The molecule has 132 valence electrons. The minimum atomic E-state index is 0.239. The van der Waals surface area contributed by atoms with Crippen LogP contribution in [0.3, 0.4) is 0 Å². The van der Waals surface area contributed by atoms with Crippen LogP contribution < -0.4 is 0 Å². The van der Waals surface area contributed by atoms with Gasteiger partial charge in [-0.15, -0.1) is 0 Å². The molecular formula is C21H32N2O. The SMILES string of the molecule is CC(=O)N1CCC(N2CCC[C@@H](CCc3ccccc3C)C2)CC1. The predicted molar refractivity (Wildman–Crippen MR) is 99.1 cm³/mol. The monoisotopic (exact) mass is 328 g/mol. The summed E-state index contributed by atoms with van der Waals surface area (Å²) in [6, 6.07) is 9.51. The highest BCUT2D eigenvalue weighted by atomic mass is 16.2. The van der Waals surface area contributed by atoms with E-state index in [0.717, 1.165) is 31.8 Å². The Labute approximate surface area is 147 Å². The van der Waals surface area contributed by atoms with Gasteiger partial charge in [-0.05, 0) is 69.0 Å². The van der Waals surface area contributed by atoms with Crippen LogP contribution in [0, 0.1) is 12.8 Å². The van der Waals surface area contributed by atoms with Crippen molar-refractivity contribution in [3.63, 3.8) is 0 Å². The standard InChI is InChI=1S/C21H32N2O/c1-17-6-3-4-8-20(17)10-9-19-7-5-13-23(16-19)21-11-14-22(15-12-21)18(2)24/h3-4,6,8,19,21H,5,7,9-16H2,1-2H3/t19-/m0/s1. The highest BCUT2D eigenvalue weighted by Gasteiger charge is 2.29. The maximum atomic E-state index is 11.5. The lowest BCUT2D eigenvalue weighted by atomic mass is 9.89. The van der Waals surface area contributed by atoms with Gasteiger partial charge in [-0.25, -0.2) is 0 Å². The second-order valence-electron chi connectivity index (χ2n) is 7.71. The van der Waals surface area contributed by atoms with Gasteiger partial charge >= 0.3 is 0 Å². The molecule has 0 unspecified atom stereocenters. The van der Waals surface area contributed by atoms with Crippen LogP contribution in [0.1, 0.15) is 50.2 Å². The smallest absolute Gasteiger partial charge is 0.219 e. The number of carbonyl (C=O) groups is 1. The van der Waals surface area contributed by atoms with Crippen LogP contribution in [0.5, 0.6) is 0 Å². The van der Waals surface area contributed by atoms with E-state index in [-0.39, 0.29) is 5.91 Å². The topological polar surface area (TPSA) is 23.6 Å². The maximum Gasteiger partial charge on any atom is 0.219 e. The van der Waals surface area contributed by atoms with E-state index in [9.17, 15) is 4.79 Å². The zero-order chi connectivity index (χ0) is 16.9. The van der Waals surface area contributed by atoms with E-state index in [2.05, 4.69) is 36.1 Å². The van der Waals surface area contributed by atoms with E-state index >= 15 is 0 Å². The number of aryl methyl sites for hydroxylation is 2. The number of piperidine rings is 2. The second kappa shape index (κ2) is 8.15. The highest BCUT2D eigenvalue weighted by molar-refractivity contribution is 5.73. The first-order chi connectivity index (χ1) is 11.6. The fraction of sp³-hybridized carbons (Fsp3) is 0.667. The van der Waals surface area contributed by atoms with Crippen molar-refractivity contribution in [1.29, 1.82) is 0 Å². The Balaban J connectivity index is 1.48. The number of benzene rings is 1. The van der Waals surface area contributed by atoms with Crippen molar-refractivity contribution < 1.29 is 4.79 Å². The van der Waals surface area contributed by atoms with Gasteiger partial charge in [-0.2, -0.15) is 0 Å². The quantitative estimate of drug-likeness (QED) is 0.842. The molecule has 2 saturated heterocycles. The molecule has 0 aliphatic carbocycles. The molecule has 0 bridgehead atoms. The molecule has 2 aliphatic rings. The minimum absolute atomic E-state index is 0.239. The summed E-state index contributed by atoms with van der Waals surface area (Å²) in [6.07, 6.45) is 7.57. The number of rotatable bonds is 4. The molecule has 24 heavy (non-hydrogen) atoms. The van der Waals surface area contributed by atoms with Gasteiger partial charge in [0.25, 0.3) is 0 Å². The Morgan fingerprint density at radius 2 is 1.88 bits per heavy atom. The fourth-order valence-electron chi connectivity index (χ4n) is 4.46. The average molecular weight is 329 g/mol. The number of amides is 1. The minimum Gasteiger partial charge on any atom is -0.343 e. The molecule has 2 fully saturated rings. The summed E-state index contributed by atoms with van der Waals surface area (Å²) in [4.78, 5) is 16.2. The molecule has 0 spiro atoms. The van der Waals surface area contributed by atoms with Crippen LogP contribution in [0.15, 0.2) is 24.3 Å². The molecule has 1 amide bonds. The second-order valence-corrected chi connectivity index (χ2v) is 7.71. The van der Waals surface area contributed by atoms with Crippen LogP contribution in [-0.2, 0) is 11.2 Å². The van der Waals surface area contributed by atoms with Crippen LogP contribution in [0.25, 0.3) is 0 Å². The van der Waals surface area contributed by atoms with E-state index in [1.165, 1.54) is 49.9 Å². The first-order valence-electron chi connectivity index (χ1n) is 9.67. The van der Waals surface area contributed by atoms with Crippen molar-refractivity contribution in [2.75, 3.05) is 26.2 Å². The predicted octanol–water partition coefficient (Wildman–Crippen LogP) is 3.65. The highest BCUT2D eigenvalue weighted by Crippen LogP contribution is 2.27. The summed E-state index contributed by atoms with van der Waals surface area (Å²) in [5.41, 5.74) is 2.95. The molecule has 1 atom stereocenters. The van der Waals surface area contributed by atoms with Crippen molar-refractivity contribution in [3.8, 4) is 0 Å². The van der Waals surface area contributed by atoms with Crippen molar-refractivity contribution >= 4 is 5.91 Å². The zero-order valence-corrected chi connectivity index (χ0v) is 15.3. The number of nitrogens with zero attached hydrogens (tertiary/aromatic N) is 2. The lowest BCUT2D eigenvalue weighted by Gasteiger charge is -2.42. The third-order valence-corrected chi connectivity index (χ3v) is 6.06. The van der Waals surface area contributed by atoms with Gasteiger partial charge in [-0.1, -0.05) is 24.3 Å². The van der Waals surface area contributed by atoms with Gasteiger partial charge in [0.05, 0.1) is 0 Å². The largest absolute Gasteiger partial charge is 0.343 e. The van der Waals surface area contributed by atoms with Gasteiger partial charge in [0.2, 0.25) is 5.91 Å². The zero-order valence-electron chi connectivity index (χ0n) is 15.3. The van der Waals surface area contributed by atoms with Crippen LogP contribution in [0.2, 0.25) is 0 Å². The maximum absolute atomic E-state index is 11.5. The number of likely N-dealkylation sites (tertiary alicyclic amines) is 2. The molecule has 1 aromatic rings. The summed E-state index contributed by atoms with van der Waals surface area (Å²) >= 11 is 0. The van der Waals surface area contributed by atoms with Gasteiger partial charge in [0.15, 0.2) is 0 Å². The Kier molecular flexibility index (Phi) is 5.94. The van der Waals surface area contributed by atoms with Gasteiger partial charge in [-0.3, -0.25) is 9.69 Å². The van der Waals surface area contributed by atoms with E-state index in [4.69, 9.17) is 0 Å². The summed E-state index contributed by atoms with van der Waals surface area (Å²) in [5.74, 6) is 1.08. The molecule has 2 aliphatic heterocycles. The Bertz CT molecular complexity index is 549. The molecule has 3 heteroatoms. The van der Waals surface area contributed by atoms with E-state index in [1.807, 2.05) is 4.90 Å². The lowest BCUT2D eigenvalue weighted by molar-refractivity contribution is -0.130. The number of hydrogen-bond acceptors (Lipinski definition) is 2. The molecule has 1 aromatic carbocycles. The molecule has 0 saturated carbocycles. The summed E-state index contributed by atoms with van der Waals surface area (Å²) in [5, 5.41) is 0. The van der Waals surface area contributed by atoms with Gasteiger partial charge < -0.3 is 4.90 Å². The van der Waals surface area contributed by atoms with Gasteiger partial charge in [0.1, 0.15) is 0 Å². The Morgan fingerprint density at radius 1 is 1.12 bits per heavy atom. The molecular weight excluding hydrogens is 296 g/mol. The first-order valence-corrected chi connectivity index (χ1v) is 9.67. The molecule has 0 radical (unpaired) electrons. The summed E-state index contributed by atoms with van der Waals surface area (Å²) < 4.78 is 0. The van der Waals surface area contributed by atoms with E-state index in [1.54, 1.807) is 6.92 Å². The van der Waals surface area contributed by atoms with Gasteiger partial charge in [0, 0.05) is 32.6 Å². The van der Waals surface area contributed by atoms with Crippen molar-refractivity contribution in [2.45, 2.75) is 58.4 Å². The van der Waals surface area contributed by atoms with E-state index < -0.39 is 0 Å². The Hall–Kier alpha value is -1.35. The number of hydrogen-bond donors (Lipinski definition) is 0. The third kappa shape index (κ3) is 4.38. The average Bonchev–Trinajstić information content (AvgIpc) is 2.61. The molecule has 0 N–H and O–H groups in total. The van der Waals surface area contributed by atoms with Crippen LogP contribution >= 0.6 is 0 Å². The molecule has 2 heterocycles. The third-order valence-electron chi connectivity index (χ3n) is 6.06. The van der Waals surface area contributed by atoms with Crippen LogP contribution in [-0.4, -0.2) is 47.9 Å². The molecule has 3 rings (SSSR count). The first kappa shape index (κ1) is 17.5. The van der Waals surface area contributed by atoms with E-state index in [0.29, 0.717) is 6.04 Å². The lowest BCUT2D eigenvalue weighted by Crippen LogP contribution is -2.49. The van der Waals surface area contributed by atoms with Crippen molar-refractivity contribution in [3.05, 3.63) is 35.4 Å².